The van der Waals surface area contributed by atoms with Gasteiger partial charge >= 0.3 is 0 Å². The lowest BCUT2D eigenvalue weighted by molar-refractivity contribution is -0.0668. The van der Waals surface area contributed by atoms with Crippen molar-refractivity contribution in [3.63, 3.8) is 0 Å². The quantitative estimate of drug-likeness (QED) is 0.813. The third-order valence-corrected chi connectivity index (χ3v) is 3.27. The average molecular weight is 240 g/mol. The third-order valence-electron chi connectivity index (χ3n) is 2.77. The Bertz CT molecular complexity index is 435. The Kier molecular flexibility index (Phi) is 2.68. The second-order valence-corrected chi connectivity index (χ2v) is 4.97. The number of likely N-dealkylation sites (tertiary alicyclic amines) is 1. The molecule has 0 radical (unpaired) electrons. The molecule has 1 heterocycles. The summed E-state index contributed by atoms with van der Waals surface area (Å²) < 4.78 is 0. The molecular formula is C12H14ClNO2. The van der Waals surface area contributed by atoms with Crippen LogP contribution in [0, 0.1) is 6.92 Å². The van der Waals surface area contributed by atoms with Crippen molar-refractivity contribution in [1.29, 1.82) is 0 Å². The SMILES string of the molecule is Cc1cccc(C(=O)N2CC(C)(O)C2)c1Cl. The van der Waals surface area contributed by atoms with E-state index in [0.717, 1.165) is 5.56 Å². The second-order valence-electron chi connectivity index (χ2n) is 4.59. The lowest BCUT2D eigenvalue weighted by atomic mass is 9.95. The molecule has 1 amide bonds. The number of amides is 1. The van der Waals surface area contributed by atoms with Gasteiger partial charge < -0.3 is 10.0 Å². The van der Waals surface area contributed by atoms with Gasteiger partial charge in [-0.25, -0.2) is 0 Å². The van der Waals surface area contributed by atoms with E-state index in [-0.39, 0.29) is 5.91 Å². The zero-order chi connectivity index (χ0) is 11.9. The number of carbonyl (C=O) groups is 1. The van der Waals surface area contributed by atoms with Crippen molar-refractivity contribution in [2.24, 2.45) is 0 Å². The zero-order valence-electron chi connectivity index (χ0n) is 9.33. The molecule has 0 unspecified atom stereocenters. The predicted octanol–water partition coefficient (Wildman–Crippen LogP) is 1.86. The summed E-state index contributed by atoms with van der Waals surface area (Å²) in [5.41, 5.74) is 0.656. The van der Waals surface area contributed by atoms with Gasteiger partial charge in [0.2, 0.25) is 0 Å². The molecule has 0 aliphatic carbocycles. The summed E-state index contributed by atoms with van der Waals surface area (Å²) in [5, 5.41) is 10.1. The van der Waals surface area contributed by atoms with Gasteiger partial charge in [-0.05, 0) is 25.5 Å². The molecule has 3 nitrogen and oxygen atoms in total. The molecule has 86 valence electrons. The number of aliphatic hydroxyl groups is 1. The first-order valence-corrected chi connectivity index (χ1v) is 5.55. The first-order valence-electron chi connectivity index (χ1n) is 5.17. The van der Waals surface area contributed by atoms with E-state index in [0.29, 0.717) is 23.7 Å². The monoisotopic (exact) mass is 239 g/mol. The van der Waals surface area contributed by atoms with Crippen LogP contribution < -0.4 is 0 Å². The molecule has 1 aromatic carbocycles. The van der Waals surface area contributed by atoms with Gasteiger partial charge in [0.05, 0.1) is 29.3 Å². The van der Waals surface area contributed by atoms with Gasteiger partial charge in [-0.1, -0.05) is 23.7 Å². The van der Waals surface area contributed by atoms with Crippen molar-refractivity contribution < 1.29 is 9.90 Å². The molecule has 0 aromatic heterocycles. The summed E-state index contributed by atoms with van der Waals surface area (Å²) >= 11 is 6.07. The predicted molar refractivity (Wildman–Crippen MR) is 62.7 cm³/mol. The summed E-state index contributed by atoms with van der Waals surface area (Å²) in [6, 6.07) is 5.39. The summed E-state index contributed by atoms with van der Waals surface area (Å²) in [4.78, 5) is 13.6. The fraction of sp³-hybridized carbons (Fsp3) is 0.417. The van der Waals surface area contributed by atoms with Crippen molar-refractivity contribution >= 4 is 17.5 Å². The van der Waals surface area contributed by atoms with Gasteiger partial charge in [0.25, 0.3) is 5.91 Å². The largest absolute Gasteiger partial charge is 0.386 e. The molecule has 0 spiro atoms. The van der Waals surface area contributed by atoms with E-state index >= 15 is 0 Å². The molecule has 4 heteroatoms. The van der Waals surface area contributed by atoms with Crippen LogP contribution >= 0.6 is 11.6 Å². The number of aryl methyl sites for hydroxylation is 1. The summed E-state index contributed by atoms with van der Waals surface area (Å²) in [7, 11) is 0. The van der Waals surface area contributed by atoms with Crippen LogP contribution in [0.2, 0.25) is 5.02 Å². The van der Waals surface area contributed by atoms with Crippen LogP contribution in [0.4, 0.5) is 0 Å². The van der Waals surface area contributed by atoms with E-state index in [4.69, 9.17) is 11.6 Å². The molecule has 1 fully saturated rings. The molecule has 1 aliphatic heterocycles. The highest BCUT2D eigenvalue weighted by Crippen LogP contribution is 2.26. The summed E-state index contributed by atoms with van der Waals surface area (Å²) in [5.74, 6) is -0.111. The van der Waals surface area contributed by atoms with E-state index in [1.54, 1.807) is 17.9 Å². The van der Waals surface area contributed by atoms with Crippen molar-refractivity contribution in [1.82, 2.24) is 4.90 Å². The van der Waals surface area contributed by atoms with Gasteiger partial charge in [-0.3, -0.25) is 4.79 Å². The minimum absolute atomic E-state index is 0.111. The number of halogens is 1. The van der Waals surface area contributed by atoms with E-state index in [1.165, 1.54) is 0 Å². The van der Waals surface area contributed by atoms with Crippen LogP contribution in [-0.4, -0.2) is 34.6 Å². The van der Waals surface area contributed by atoms with Crippen molar-refractivity contribution in [3.05, 3.63) is 34.3 Å². The minimum Gasteiger partial charge on any atom is -0.386 e. The Morgan fingerprint density at radius 2 is 2.12 bits per heavy atom. The molecule has 1 aliphatic rings. The van der Waals surface area contributed by atoms with Crippen LogP contribution in [0.1, 0.15) is 22.8 Å². The fourth-order valence-electron chi connectivity index (χ4n) is 1.90. The molecule has 0 saturated carbocycles. The minimum atomic E-state index is -0.744. The maximum absolute atomic E-state index is 12.0. The van der Waals surface area contributed by atoms with Gasteiger partial charge in [0.15, 0.2) is 0 Å². The lowest BCUT2D eigenvalue weighted by Crippen LogP contribution is -2.61. The Hall–Kier alpha value is -1.06. The Morgan fingerprint density at radius 3 is 2.69 bits per heavy atom. The van der Waals surface area contributed by atoms with Crippen LogP contribution in [0.15, 0.2) is 18.2 Å². The molecular weight excluding hydrogens is 226 g/mol. The van der Waals surface area contributed by atoms with E-state index in [9.17, 15) is 9.90 Å². The van der Waals surface area contributed by atoms with Crippen molar-refractivity contribution in [2.45, 2.75) is 19.4 Å². The zero-order valence-corrected chi connectivity index (χ0v) is 10.1. The standard InChI is InChI=1S/C12H14ClNO2/c1-8-4-3-5-9(10(8)13)11(15)14-6-12(2,16)7-14/h3-5,16H,6-7H2,1-2H3. The number of benzene rings is 1. The molecule has 1 saturated heterocycles. The number of hydrogen-bond donors (Lipinski definition) is 1. The molecule has 0 atom stereocenters. The van der Waals surface area contributed by atoms with E-state index in [1.807, 2.05) is 19.1 Å². The maximum Gasteiger partial charge on any atom is 0.255 e. The molecule has 0 bridgehead atoms. The molecule has 1 aromatic rings. The Labute approximate surface area is 99.6 Å². The van der Waals surface area contributed by atoms with Gasteiger partial charge in [0.1, 0.15) is 0 Å². The van der Waals surface area contributed by atoms with Crippen LogP contribution in [0.5, 0.6) is 0 Å². The lowest BCUT2D eigenvalue weighted by Gasteiger charge is -2.44. The molecule has 16 heavy (non-hydrogen) atoms. The number of carbonyl (C=O) groups excluding carboxylic acids is 1. The number of rotatable bonds is 1. The average Bonchev–Trinajstić information content (AvgIpc) is 2.17. The molecule has 1 N–H and O–H groups in total. The summed E-state index contributed by atoms with van der Waals surface area (Å²) in [6.45, 7) is 4.33. The van der Waals surface area contributed by atoms with Crippen LogP contribution in [-0.2, 0) is 0 Å². The van der Waals surface area contributed by atoms with E-state index < -0.39 is 5.60 Å². The van der Waals surface area contributed by atoms with Crippen molar-refractivity contribution in [2.75, 3.05) is 13.1 Å². The highest BCUT2D eigenvalue weighted by molar-refractivity contribution is 6.34. The normalized spacial score (nSPS) is 18.1. The number of hydrogen-bond acceptors (Lipinski definition) is 2. The fourth-order valence-corrected chi connectivity index (χ4v) is 2.11. The smallest absolute Gasteiger partial charge is 0.255 e. The molecule has 2 rings (SSSR count). The van der Waals surface area contributed by atoms with E-state index in [2.05, 4.69) is 0 Å². The first-order chi connectivity index (χ1) is 7.41. The van der Waals surface area contributed by atoms with Crippen molar-refractivity contribution in [3.8, 4) is 0 Å². The van der Waals surface area contributed by atoms with Crippen LogP contribution in [0.3, 0.4) is 0 Å². The van der Waals surface area contributed by atoms with Crippen LogP contribution in [0.25, 0.3) is 0 Å². The first kappa shape index (κ1) is 11.4. The van der Waals surface area contributed by atoms with Gasteiger partial charge in [-0.2, -0.15) is 0 Å². The highest BCUT2D eigenvalue weighted by Gasteiger charge is 2.40. The Balaban J connectivity index is 2.20. The topological polar surface area (TPSA) is 40.5 Å². The summed E-state index contributed by atoms with van der Waals surface area (Å²) in [6.07, 6.45) is 0. The number of nitrogens with zero attached hydrogens (tertiary/aromatic N) is 1. The second kappa shape index (κ2) is 3.75. The third kappa shape index (κ3) is 1.93. The number of β-amino-alcohol motifs (C(OH)–C–C–N with tert-alkyl or cyclic N) is 1. The maximum atomic E-state index is 12.0. The highest BCUT2D eigenvalue weighted by atomic mass is 35.5. The van der Waals surface area contributed by atoms with Gasteiger partial charge in [-0.15, -0.1) is 0 Å². The Morgan fingerprint density at radius 1 is 1.50 bits per heavy atom. The van der Waals surface area contributed by atoms with Gasteiger partial charge in [0, 0.05) is 0 Å².